The first kappa shape index (κ1) is 32.5. The maximum absolute atomic E-state index is 13.5. The number of halogens is 4. The third kappa shape index (κ3) is 9.19. The molecule has 2 aromatic rings. The van der Waals surface area contributed by atoms with E-state index in [1.54, 1.807) is 24.3 Å². The number of sulfonamides is 1. The van der Waals surface area contributed by atoms with Crippen LogP contribution in [0.4, 0.5) is 5.69 Å². The minimum absolute atomic E-state index is 0.00393. The van der Waals surface area contributed by atoms with Crippen LogP contribution in [0.2, 0.25) is 20.1 Å². The quantitative estimate of drug-likeness (QED) is 0.273. The summed E-state index contributed by atoms with van der Waals surface area (Å²) in [6.07, 6.45) is 2.36. The van der Waals surface area contributed by atoms with Crippen LogP contribution in [0.1, 0.15) is 52.0 Å². The van der Waals surface area contributed by atoms with Gasteiger partial charge in [-0.2, -0.15) is 0 Å². The number of hydrogen-bond acceptors (Lipinski definition) is 4. The van der Waals surface area contributed by atoms with Gasteiger partial charge in [0.1, 0.15) is 6.04 Å². The highest BCUT2D eigenvalue weighted by atomic mass is 35.5. The second-order valence-corrected chi connectivity index (χ2v) is 12.6. The van der Waals surface area contributed by atoms with Crippen LogP contribution in [-0.2, 0) is 26.2 Å². The van der Waals surface area contributed by atoms with Gasteiger partial charge in [-0.3, -0.25) is 13.9 Å². The molecule has 2 rings (SSSR count). The van der Waals surface area contributed by atoms with Gasteiger partial charge in [0.2, 0.25) is 21.8 Å². The number of hydrogen-bond donors (Lipinski definition) is 1. The molecule has 0 radical (unpaired) electrons. The molecule has 0 heterocycles. The fraction of sp³-hybridized carbons (Fsp3) is 0.462. The Hall–Kier alpha value is -1.71. The fourth-order valence-electron chi connectivity index (χ4n) is 3.85. The first-order valence-corrected chi connectivity index (χ1v) is 15.6. The molecule has 0 spiro atoms. The summed E-state index contributed by atoms with van der Waals surface area (Å²) < 4.78 is 26.2. The third-order valence-corrected chi connectivity index (χ3v) is 8.39. The molecular weight excluding hydrogens is 592 g/mol. The molecule has 0 aliphatic heterocycles. The molecule has 1 N–H and O–H groups in total. The topological polar surface area (TPSA) is 86.8 Å². The SMILES string of the molecule is CC[C@H](C(=O)N[C@@H](C)CC)N(Cc1ccc(Cl)cc1Cl)C(=O)CCCN(c1cc(Cl)ccc1Cl)S(C)(=O)=O. The van der Waals surface area contributed by atoms with E-state index in [1.807, 2.05) is 20.8 Å². The summed E-state index contributed by atoms with van der Waals surface area (Å²) in [6, 6.07) is 8.72. The van der Waals surface area contributed by atoms with Crippen molar-refractivity contribution >= 4 is 73.9 Å². The average Bonchev–Trinajstić information content (AvgIpc) is 2.83. The molecule has 38 heavy (non-hydrogen) atoms. The van der Waals surface area contributed by atoms with Crippen molar-refractivity contribution in [2.45, 2.75) is 65.1 Å². The standard InChI is InChI=1S/C26H33Cl4N3O4S/c1-5-17(3)31-26(35)23(6-2)32(16-18-9-10-19(27)14-22(18)30)25(34)8-7-13-33(38(4,36)37)24-15-20(28)11-12-21(24)29/h9-12,14-15,17,23H,5-8,13,16H2,1-4H3,(H,31,35)/t17-,23+/m0/s1. The molecule has 0 aliphatic carbocycles. The Balaban J connectivity index is 2.30. The van der Waals surface area contributed by atoms with E-state index in [1.165, 1.54) is 17.0 Å². The lowest BCUT2D eigenvalue weighted by atomic mass is 10.1. The Kier molecular flexibility index (Phi) is 12.5. The minimum atomic E-state index is -3.71. The highest BCUT2D eigenvalue weighted by molar-refractivity contribution is 7.92. The Bertz CT molecular complexity index is 1240. The van der Waals surface area contributed by atoms with Crippen molar-refractivity contribution in [3.63, 3.8) is 0 Å². The van der Waals surface area contributed by atoms with Gasteiger partial charge < -0.3 is 10.2 Å². The van der Waals surface area contributed by atoms with Crippen LogP contribution < -0.4 is 9.62 Å². The lowest BCUT2D eigenvalue weighted by molar-refractivity contribution is -0.141. The number of anilines is 1. The molecule has 210 valence electrons. The summed E-state index contributed by atoms with van der Waals surface area (Å²) in [5.41, 5.74) is 0.876. The minimum Gasteiger partial charge on any atom is -0.352 e. The summed E-state index contributed by atoms with van der Waals surface area (Å²) in [5, 5.41) is 4.34. The van der Waals surface area contributed by atoms with Crippen LogP contribution in [0.3, 0.4) is 0 Å². The second-order valence-electron chi connectivity index (χ2n) is 9.03. The van der Waals surface area contributed by atoms with Gasteiger partial charge in [-0.1, -0.05) is 66.3 Å². The molecule has 2 atom stereocenters. The predicted octanol–water partition coefficient (Wildman–Crippen LogP) is 6.57. The van der Waals surface area contributed by atoms with E-state index in [9.17, 15) is 18.0 Å². The van der Waals surface area contributed by atoms with Gasteiger partial charge in [-0.05, 0) is 62.1 Å². The average molecular weight is 625 g/mol. The molecule has 2 amide bonds. The Morgan fingerprint density at radius 3 is 2.16 bits per heavy atom. The largest absolute Gasteiger partial charge is 0.352 e. The molecule has 0 aliphatic rings. The fourth-order valence-corrected chi connectivity index (χ4v) is 5.73. The van der Waals surface area contributed by atoms with E-state index in [0.717, 1.165) is 17.0 Å². The summed E-state index contributed by atoms with van der Waals surface area (Å²) in [6.45, 7) is 5.78. The molecule has 2 aromatic carbocycles. The van der Waals surface area contributed by atoms with Gasteiger partial charge in [-0.25, -0.2) is 8.42 Å². The number of rotatable bonds is 13. The molecule has 0 bridgehead atoms. The predicted molar refractivity (Wildman–Crippen MR) is 157 cm³/mol. The molecule has 0 fully saturated rings. The van der Waals surface area contributed by atoms with Crippen molar-refractivity contribution in [3.8, 4) is 0 Å². The lowest BCUT2D eigenvalue weighted by Gasteiger charge is -2.32. The summed E-state index contributed by atoms with van der Waals surface area (Å²) >= 11 is 24.7. The molecular formula is C26H33Cl4N3O4S. The summed E-state index contributed by atoms with van der Waals surface area (Å²) in [7, 11) is -3.71. The van der Waals surface area contributed by atoms with Gasteiger partial charge in [0.25, 0.3) is 0 Å². The zero-order chi connectivity index (χ0) is 28.6. The van der Waals surface area contributed by atoms with Gasteiger partial charge in [0.05, 0.1) is 17.0 Å². The van der Waals surface area contributed by atoms with Gasteiger partial charge in [0, 0.05) is 40.6 Å². The van der Waals surface area contributed by atoms with E-state index >= 15 is 0 Å². The first-order valence-electron chi connectivity index (χ1n) is 12.2. The maximum atomic E-state index is 13.5. The smallest absolute Gasteiger partial charge is 0.243 e. The van der Waals surface area contributed by atoms with Crippen molar-refractivity contribution in [1.82, 2.24) is 10.2 Å². The highest BCUT2D eigenvalue weighted by Crippen LogP contribution is 2.31. The van der Waals surface area contributed by atoms with Gasteiger partial charge in [0.15, 0.2) is 0 Å². The van der Waals surface area contributed by atoms with Gasteiger partial charge in [-0.15, -0.1) is 0 Å². The molecule has 0 aromatic heterocycles. The van der Waals surface area contributed by atoms with Crippen molar-refractivity contribution in [2.75, 3.05) is 17.1 Å². The normalized spacial score (nSPS) is 13.1. The highest BCUT2D eigenvalue weighted by Gasteiger charge is 2.30. The summed E-state index contributed by atoms with van der Waals surface area (Å²) in [4.78, 5) is 28.1. The van der Waals surface area contributed by atoms with Crippen LogP contribution in [0.15, 0.2) is 36.4 Å². The van der Waals surface area contributed by atoms with Crippen LogP contribution in [0.5, 0.6) is 0 Å². The van der Waals surface area contributed by atoms with E-state index < -0.39 is 16.1 Å². The molecule has 0 unspecified atom stereocenters. The number of nitrogens with one attached hydrogen (secondary N) is 1. The Labute approximate surface area is 245 Å². The second kappa shape index (κ2) is 14.6. The Morgan fingerprint density at radius 1 is 0.947 bits per heavy atom. The molecule has 0 saturated carbocycles. The maximum Gasteiger partial charge on any atom is 0.243 e. The number of nitrogens with zero attached hydrogens (tertiary/aromatic N) is 2. The third-order valence-electron chi connectivity index (χ3n) is 6.07. The summed E-state index contributed by atoms with van der Waals surface area (Å²) in [5.74, 6) is -0.573. The van der Waals surface area contributed by atoms with Crippen molar-refractivity contribution < 1.29 is 18.0 Å². The Morgan fingerprint density at radius 2 is 1.58 bits per heavy atom. The van der Waals surface area contributed by atoms with Crippen LogP contribution in [0, 0.1) is 0 Å². The molecule has 0 saturated heterocycles. The number of amides is 2. The lowest BCUT2D eigenvalue weighted by Crippen LogP contribution is -2.50. The van der Waals surface area contributed by atoms with E-state index in [2.05, 4.69) is 5.32 Å². The zero-order valence-electron chi connectivity index (χ0n) is 21.8. The van der Waals surface area contributed by atoms with Crippen molar-refractivity contribution in [2.24, 2.45) is 0 Å². The van der Waals surface area contributed by atoms with Crippen LogP contribution >= 0.6 is 46.4 Å². The number of carbonyl (C=O) groups is 2. The van der Waals surface area contributed by atoms with E-state index in [-0.39, 0.29) is 54.5 Å². The molecule has 12 heteroatoms. The molecule has 7 nitrogen and oxygen atoms in total. The van der Waals surface area contributed by atoms with Crippen LogP contribution in [-0.4, -0.2) is 50.0 Å². The zero-order valence-corrected chi connectivity index (χ0v) is 25.6. The van der Waals surface area contributed by atoms with Crippen molar-refractivity contribution in [3.05, 3.63) is 62.1 Å². The van der Waals surface area contributed by atoms with E-state index in [0.29, 0.717) is 27.1 Å². The van der Waals surface area contributed by atoms with Crippen LogP contribution in [0.25, 0.3) is 0 Å². The number of benzene rings is 2. The monoisotopic (exact) mass is 623 g/mol. The first-order chi connectivity index (χ1) is 17.8. The van der Waals surface area contributed by atoms with E-state index in [4.69, 9.17) is 46.4 Å². The van der Waals surface area contributed by atoms with Gasteiger partial charge >= 0.3 is 0 Å². The van der Waals surface area contributed by atoms with Crippen molar-refractivity contribution in [1.29, 1.82) is 0 Å². The number of carbonyl (C=O) groups excluding carboxylic acids is 2.